The van der Waals surface area contributed by atoms with Gasteiger partial charge in [0, 0.05) is 12.6 Å². The summed E-state index contributed by atoms with van der Waals surface area (Å²) in [5, 5.41) is 10.2. The number of carbonyl (C=O) groups excluding carboxylic acids is 1. The van der Waals surface area contributed by atoms with E-state index in [0.29, 0.717) is 11.8 Å². The van der Waals surface area contributed by atoms with Crippen molar-refractivity contribution >= 4 is 11.6 Å². The fourth-order valence-electron chi connectivity index (χ4n) is 1.90. The van der Waals surface area contributed by atoms with Gasteiger partial charge in [-0.15, -0.1) is 10.2 Å². The summed E-state index contributed by atoms with van der Waals surface area (Å²) in [6.07, 6.45) is 0. The van der Waals surface area contributed by atoms with E-state index in [1.165, 1.54) is 0 Å². The number of anilines is 1. The topological polar surface area (TPSA) is 68.0 Å². The number of amides is 1. The van der Waals surface area contributed by atoms with Crippen LogP contribution in [0, 0.1) is 13.8 Å². The fourth-order valence-corrected chi connectivity index (χ4v) is 1.90. The van der Waals surface area contributed by atoms with Gasteiger partial charge in [-0.2, -0.15) is 0 Å². The third-order valence-electron chi connectivity index (χ3n) is 2.89. The Bertz CT molecular complexity index is 602. The lowest BCUT2D eigenvalue weighted by molar-refractivity contribution is 0.0988. The van der Waals surface area contributed by atoms with Crippen LogP contribution in [0.15, 0.2) is 22.6 Å². The Morgan fingerprint density at radius 3 is 2.58 bits per heavy atom. The Hall–Kier alpha value is -2.17. The summed E-state index contributed by atoms with van der Waals surface area (Å²) in [5.74, 6) is 0.297. The normalized spacial score (nSPS) is 10.8. The lowest BCUT2D eigenvalue weighted by atomic mass is 9.98. The number of hydrogen-bond donors (Lipinski definition) is 1. The van der Waals surface area contributed by atoms with Crippen molar-refractivity contribution in [1.82, 2.24) is 10.2 Å². The molecule has 1 amide bonds. The average Bonchev–Trinajstić information content (AvgIpc) is 2.78. The van der Waals surface area contributed by atoms with E-state index in [4.69, 9.17) is 4.42 Å². The van der Waals surface area contributed by atoms with Crippen molar-refractivity contribution < 1.29 is 9.21 Å². The number of rotatable bonds is 3. The molecule has 2 aromatic rings. The van der Waals surface area contributed by atoms with Crippen LogP contribution in [0.2, 0.25) is 0 Å². The van der Waals surface area contributed by atoms with Crippen LogP contribution in [0.1, 0.15) is 47.5 Å². The Balaban J connectivity index is 2.31. The first-order valence-corrected chi connectivity index (χ1v) is 6.20. The average molecular weight is 259 g/mol. The third kappa shape index (κ3) is 2.81. The lowest BCUT2D eigenvalue weighted by Gasteiger charge is -2.15. The molecule has 0 atom stereocenters. The number of nitrogens with zero attached hydrogens (tertiary/aromatic N) is 2. The molecule has 0 saturated carbocycles. The zero-order valence-electron chi connectivity index (χ0n) is 11.5. The van der Waals surface area contributed by atoms with Crippen LogP contribution in [0.25, 0.3) is 0 Å². The fraction of sp³-hybridized carbons (Fsp3) is 0.357. The molecule has 0 aliphatic carbocycles. The van der Waals surface area contributed by atoms with Gasteiger partial charge in [0.1, 0.15) is 0 Å². The SMILES string of the molecule is Cc1nnc(C(=O)Nc2c(C)cccc2C(C)C)o1. The Morgan fingerprint density at radius 2 is 2.00 bits per heavy atom. The highest BCUT2D eigenvalue weighted by atomic mass is 16.4. The van der Waals surface area contributed by atoms with E-state index in [1.54, 1.807) is 6.92 Å². The Kier molecular flexibility index (Phi) is 3.64. The second-order valence-electron chi connectivity index (χ2n) is 4.77. The quantitative estimate of drug-likeness (QED) is 0.919. The first-order valence-electron chi connectivity index (χ1n) is 6.20. The minimum atomic E-state index is -0.378. The summed E-state index contributed by atoms with van der Waals surface area (Å²) in [4.78, 5) is 12.0. The van der Waals surface area contributed by atoms with Gasteiger partial charge in [0.2, 0.25) is 5.89 Å². The Morgan fingerprint density at radius 1 is 1.26 bits per heavy atom. The minimum absolute atomic E-state index is 0.0181. The van der Waals surface area contributed by atoms with Crippen LogP contribution in [0.3, 0.4) is 0 Å². The molecule has 5 heteroatoms. The van der Waals surface area contributed by atoms with E-state index in [2.05, 4.69) is 29.4 Å². The van der Waals surface area contributed by atoms with Gasteiger partial charge in [-0.25, -0.2) is 0 Å². The summed E-state index contributed by atoms with van der Waals surface area (Å²) >= 11 is 0. The van der Waals surface area contributed by atoms with E-state index in [9.17, 15) is 4.79 Å². The van der Waals surface area contributed by atoms with E-state index in [1.807, 2.05) is 25.1 Å². The molecule has 19 heavy (non-hydrogen) atoms. The van der Waals surface area contributed by atoms with Gasteiger partial charge in [-0.3, -0.25) is 4.79 Å². The van der Waals surface area contributed by atoms with Gasteiger partial charge in [0.05, 0.1) is 0 Å². The first-order chi connectivity index (χ1) is 8.99. The van der Waals surface area contributed by atoms with Crippen molar-refractivity contribution in [3.8, 4) is 0 Å². The van der Waals surface area contributed by atoms with Crippen molar-refractivity contribution in [1.29, 1.82) is 0 Å². The molecule has 0 spiro atoms. The number of nitrogens with one attached hydrogen (secondary N) is 1. The second kappa shape index (κ2) is 5.22. The van der Waals surface area contributed by atoms with Crippen molar-refractivity contribution in [2.24, 2.45) is 0 Å². The third-order valence-corrected chi connectivity index (χ3v) is 2.89. The highest BCUT2D eigenvalue weighted by Crippen LogP contribution is 2.27. The maximum absolute atomic E-state index is 12.0. The second-order valence-corrected chi connectivity index (χ2v) is 4.77. The standard InChI is InChI=1S/C14H17N3O2/c1-8(2)11-7-5-6-9(3)12(11)15-13(18)14-17-16-10(4)19-14/h5-8H,1-4H3,(H,15,18). The number of aryl methyl sites for hydroxylation is 2. The van der Waals surface area contributed by atoms with Crippen molar-refractivity contribution in [2.45, 2.75) is 33.6 Å². The van der Waals surface area contributed by atoms with Crippen LogP contribution < -0.4 is 5.32 Å². The van der Waals surface area contributed by atoms with Crippen molar-refractivity contribution in [2.75, 3.05) is 5.32 Å². The van der Waals surface area contributed by atoms with E-state index in [0.717, 1.165) is 16.8 Å². The molecule has 0 saturated heterocycles. The smallest absolute Gasteiger partial charge is 0.313 e. The predicted octanol–water partition coefficient (Wildman–Crippen LogP) is 3.06. The highest BCUT2D eigenvalue weighted by molar-refractivity contribution is 6.01. The van der Waals surface area contributed by atoms with Crippen LogP contribution >= 0.6 is 0 Å². The summed E-state index contributed by atoms with van der Waals surface area (Å²) in [6.45, 7) is 7.78. The summed E-state index contributed by atoms with van der Waals surface area (Å²) in [6, 6.07) is 5.95. The maximum Gasteiger partial charge on any atom is 0.313 e. The molecule has 1 N–H and O–H groups in total. The molecule has 5 nitrogen and oxygen atoms in total. The van der Waals surface area contributed by atoms with Gasteiger partial charge in [0.15, 0.2) is 0 Å². The van der Waals surface area contributed by atoms with Gasteiger partial charge in [-0.05, 0) is 24.0 Å². The number of para-hydroxylation sites is 1. The molecule has 0 unspecified atom stereocenters. The molecule has 0 aliphatic heterocycles. The summed E-state index contributed by atoms with van der Waals surface area (Å²) in [7, 11) is 0. The number of aromatic nitrogens is 2. The minimum Gasteiger partial charge on any atom is -0.417 e. The monoisotopic (exact) mass is 259 g/mol. The maximum atomic E-state index is 12.0. The molecule has 2 rings (SSSR count). The molecular formula is C14H17N3O2. The zero-order valence-corrected chi connectivity index (χ0v) is 11.5. The van der Waals surface area contributed by atoms with E-state index < -0.39 is 0 Å². The molecule has 1 aromatic heterocycles. The molecular weight excluding hydrogens is 242 g/mol. The largest absolute Gasteiger partial charge is 0.417 e. The molecule has 0 aliphatic rings. The van der Waals surface area contributed by atoms with Gasteiger partial charge in [-0.1, -0.05) is 32.0 Å². The van der Waals surface area contributed by atoms with Crippen molar-refractivity contribution in [3.05, 3.63) is 41.1 Å². The van der Waals surface area contributed by atoms with Crippen molar-refractivity contribution in [3.63, 3.8) is 0 Å². The number of benzene rings is 1. The van der Waals surface area contributed by atoms with Gasteiger partial charge in [0.25, 0.3) is 0 Å². The van der Waals surface area contributed by atoms with E-state index >= 15 is 0 Å². The Labute approximate surface area is 112 Å². The van der Waals surface area contributed by atoms with Gasteiger partial charge < -0.3 is 9.73 Å². The number of carbonyl (C=O) groups is 1. The zero-order chi connectivity index (χ0) is 14.0. The van der Waals surface area contributed by atoms with Gasteiger partial charge >= 0.3 is 11.8 Å². The molecule has 1 heterocycles. The molecule has 0 bridgehead atoms. The van der Waals surface area contributed by atoms with Crippen LogP contribution in [0.4, 0.5) is 5.69 Å². The van der Waals surface area contributed by atoms with Crippen LogP contribution in [0.5, 0.6) is 0 Å². The van der Waals surface area contributed by atoms with Crippen LogP contribution in [-0.4, -0.2) is 16.1 Å². The highest BCUT2D eigenvalue weighted by Gasteiger charge is 2.17. The molecule has 0 fully saturated rings. The predicted molar refractivity (Wildman–Crippen MR) is 72.3 cm³/mol. The molecule has 1 aromatic carbocycles. The first kappa shape index (κ1) is 13.3. The van der Waals surface area contributed by atoms with Crippen LogP contribution in [-0.2, 0) is 0 Å². The molecule has 100 valence electrons. The van der Waals surface area contributed by atoms with E-state index in [-0.39, 0.29) is 11.8 Å². The number of hydrogen-bond acceptors (Lipinski definition) is 4. The molecule has 0 radical (unpaired) electrons. The lowest BCUT2D eigenvalue weighted by Crippen LogP contribution is -2.15. The summed E-state index contributed by atoms with van der Waals surface area (Å²) < 4.78 is 5.12. The summed E-state index contributed by atoms with van der Waals surface area (Å²) in [5.41, 5.74) is 2.92.